The van der Waals surface area contributed by atoms with Crippen LogP contribution in [0.4, 0.5) is 10.3 Å². The second-order valence-corrected chi connectivity index (χ2v) is 10.4. The molecule has 3 N–H and O–H groups in total. The number of amides is 1. The van der Waals surface area contributed by atoms with Crippen molar-refractivity contribution >= 4 is 56.4 Å². The molecule has 4 heterocycles. The van der Waals surface area contributed by atoms with Gasteiger partial charge in [-0.15, -0.1) is 21.5 Å². The van der Waals surface area contributed by atoms with Gasteiger partial charge in [0.15, 0.2) is 15.3 Å². The van der Waals surface area contributed by atoms with Crippen LogP contribution in [0.1, 0.15) is 30.9 Å². The van der Waals surface area contributed by atoms with Crippen LogP contribution in [0, 0.1) is 11.3 Å². The van der Waals surface area contributed by atoms with Crippen LogP contribution >= 0.6 is 34.4 Å². The van der Waals surface area contributed by atoms with E-state index >= 15 is 0 Å². The molecule has 1 aliphatic heterocycles. The molecule has 3 aromatic rings. The number of hydrogen-bond acceptors (Lipinski definition) is 12. The highest BCUT2D eigenvalue weighted by atomic mass is 32.2. The summed E-state index contributed by atoms with van der Waals surface area (Å²) < 4.78 is 6.13. The second-order valence-electron chi connectivity index (χ2n) is 7.36. The van der Waals surface area contributed by atoms with Crippen molar-refractivity contribution in [3.05, 3.63) is 58.4 Å². The summed E-state index contributed by atoms with van der Waals surface area (Å²) in [7, 11) is 0. The molecule has 172 valence electrons. The van der Waals surface area contributed by atoms with Crippen molar-refractivity contribution in [2.24, 2.45) is 5.73 Å². The molecule has 0 bridgehead atoms. The summed E-state index contributed by atoms with van der Waals surface area (Å²) in [5, 5.41) is 23.9. The molecule has 0 spiro atoms. The van der Waals surface area contributed by atoms with Gasteiger partial charge in [-0.05, 0) is 25.0 Å². The number of nitrogens with two attached hydrogens (primary N) is 1. The van der Waals surface area contributed by atoms with Gasteiger partial charge in [0.2, 0.25) is 11.0 Å². The third-order valence-electron chi connectivity index (χ3n) is 5.33. The Morgan fingerprint density at radius 3 is 3.03 bits per heavy atom. The summed E-state index contributed by atoms with van der Waals surface area (Å²) >= 11 is 3.82. The Morgan fingerprint density at radius 1 is 1.41 bits per heavy atom. The van der Waals surface area contributed by atoms with Gasteiger partial charge in [0.05, 0.1) is 29.6 Å². The molecule has 0 saturated carbocycles. The van der Waals surface area contributed by atoms with Gasteiger partial charge in [-0.1, -0.05) is 23.1 Å². The Kier molecular flexibility index (Phi) is 6.18. The lowest BCUT2D eigenvalue weighted by atomic mass is 9.78. The number of furan rings is 1. The van der Waals surface area contributed by atoms with Crippen molar-refractivity contribution in [2.45, 2.75) is 29.5 Å². The molecule has 34 heavy (non-hydrogen) atoms. The van der Waals surface area contributed by atoms with Crippen molar-refractivity contribution < 1.29 is 14.0 Å². The molecule has 0 fully saturated rings. The van der Waals surface area contributed by atoms with E-state index in [1.165, 1.54) is 40.7 Å². The monoisotopic (exact) mass is 511 g/mol. The normalized spacial score (nSPS) is 18.1. The zero-order valence-corrected chi connectivity index (χ0v) is 20.0. The number of nitrogens with zero attached hydrogens (tertiary/aromatic N) is 5. The minimum absolute atomic E-state index is 0.0362. The molecule has 0 aromatic carbocycles. The standard InChI is InChI=1S/C21H17N7O3S3/c22-9-11-16(14-5-2-7-31-14)17-12(3-1-4-13(17)29)28(18(11)23)20-26-27-21(34-20)33-10-15(30)25-19-24-6-8-32-19/h2,5-8,16H,1,3-4,10,23H2,(H,24,25,30). The Labute approximate surface area is 206 Å². The van der Waals surface area contributed by atoms with Crippen LogP contribution in [0.5, 0.6) is 0 Å². The summed E-state index contributed by atoms with van der Waals surface area (Å²) in [5.41, 5.74) is 7.94. The third-order valence-corrected chi connectivity index (χ3v) is 8.06. The Bertz CT molecular complexity index is 1340. The average molecular weight is 512 g/mol. The lowest BCUT2D eigenvalue weighted by Crippen LogP contribution is -2.38. The molecule has 1 atom stereocenters. The van der Waals surface area contributed by atoms with Gasteiger partial charge in [-0.3, -0.25) is 14.5 Å². The van der Waals surface area contributed by atoms with Crippen LogP contribution in [0.15, 0.2) is 61.4 Å². The summed E-state index contributed by atoms with van der Waals surface area (Å²) in [4.78, 5) is 30.9. The Balaban J connectivity index is 1.43. The predicted molar refractivity (Wildman–Crippen MR) is 128 cm³/mol. The smallest absolute Gasteiger partial charge is 0.236 e. The third kappa shape index (κ3) is 4.11. The quantitative estimate of drug-likeness (QED) is 0.469. The number of carbonyl (C=O) groups excluding carboxylic acids is 2. The van der Waals surface area contributed by atoms with E-state index in [4.69, 9.17) is 10.2 Å². The van der Waals surface area contributed by atoms with E-state index in [1.54, 1.807) is 28.6 Å². The molecule has 1 amide bonds. The van der Waals surface area contributed by atoms with Crippen molar-refractivity contribution in [3.63, 3.8) is 0 Å². The highest BCUT2D eigenvalue weighted by molar-refractivity contribution is 8.01. The average Bonchev–Trinajstić information content (AvgIpc) is 3.60. The van der Waals surface area contributed by atoms with Gasteiger partial charge in [-0.25, -0.2) is 4.98 Å². The van der Waals surface area contributed by atoms with Gasteiger partial charge in [0.25, 0.3) is 0 Å². The second kappa shape index (κ2) is 9.41. The molecular formula is C21H17N7O3S3. The zero-order chi connectivity index (χ0) is 23.7. The van der Waals surface area contributed by atoms with E-state index in [9.17, 15) is 14.9 Å². The van der Waals surface area contributed by atoms with Crippen molar-refractivity contribution in [2.75, 3.05) is 16.0 Å². The summed E-state index contributed by atoms with van der Waals surface area (Å²) in [6, 6.07) is 5.64. The van der Waals surface area contributed by atoms with Gasteiger partial charge in [0, 0.05) is 29.3 Å². The Hall–Kier alpha value is -3.47. The maximum Gasteiger partial charge on any atom is 0.236 e. The molecule has 0 radical (unpaired) electrons. The largest absolute Gasteiger partial charge is 0.468 e. The van der Waals surface area contributed by atoms with E-state index in [0.29, 0.717) is 50.9 Å². The fraction of sp³-hybridized carbons (Fsp3) is 0.238. The first kappa shape index (κ1) is 22.3. The number of anilines is 2. The van der Waals surface area contributed by atoms with Crippen LogP contribution < -0.4 is 16.0 Å². The maximum atomic E-state index is 13.0. The summed E-state index contributed by atoms with van der Waals surface area (Å²) in [6.45, 7) is 0. The summed E-state index contributed by atoms with van der Waals surface area (Å²) in [5.74, 6) is -0.0461. The van der Waals surface area contributed by atoms with Crippen molar-refractivity contribution in [1.29, 1.82) is 5.26 Å². The zero-order valence-electron chi connectivity index (χ0n) is 17.6. The number of carbonyl (C=O) groups is 2. The minimum atomic E-state index is -0.643. The number of nitriles is 1. The number of hydrogen-bond donors (Lipinski definition) is 2. The van der Waals surface area contributed by atoms with Gasteiger partial charge in [0.1, 0.15) is 11.6 Å². The van der Waals surface area contributed by atoms with Gasteiger partial charge in [-0.2, -0.15) is 5.26 Å². The molecule has 10 nitrogen and oxygen atoms in total. The number of thioether (sulfide) groups is 1. The molecule has 1 aliphatic carbocycles. The SMILES string of the molecule is N#CC1=C(N)N(c2nnc(SCC(=O)Nc3nccs3)s2)C2=C(C(=O)CCC2)C1c1ccco1. The van der Waals surface area contributed by atoms with E-state index < -0.39 is 5.92 Å². The van der Waals surface area contributed by atoms with Crippen LogP contribution in [-0.4, -0.2) is 32.6 Å². The Morgan fingerprint density at radius 2 is 2.29 bits per heavy atom. The molecule has 0 saturated heterocycles. The molecule has 1 unspecified atom stereocenters. The van der Waals surface area contributed by atoms with Crippen molar-refractivity contribution in [3.8, 4) is 6.07 Å². The van der Waals surface area contributed by atoms with Gasteiger partial charge < -0.3 is 15.5 Å². The number of rotatable bonds is 6. The number of Topliss-reactive ketones (excluding diaryl/α,β-unsaturated/α-hetero) is 1. The van der Waals surface area contributed by atoms with Crippen molar-refractivity contribution in [1.82, 2.24) is 15.2 Å². The predicted octanol–water partition coefficient (Wildman–Crippen LogP) is 3.62. The highest BCUT2D eigenvalue weighted by Gasteiger charge is 2.42. The molecule has 3 aromatic heterocycles. The molecule has 13 heteroatoms. The molecule has 2 aliphatic rings. The van der Waals surface area contributed by atoms with E-state index in [2.05, 4.69) is 26.6 Å². The number of thiazole rings is 1. The van der Waals surface area contributed by atoms with E-state index in [0.717, 1.165) is 0 Å². The topological polar surface area (TPSA) is 151 Å². The van der Waals surface area contributed by atoms with Gasteiger partial charge >= 0.3 is 0 Å². The fourth-order valence-corrected chi connectivity index (χ4v) is 6.19. The van der Waals surface area contributed by atoms with Crippen LogP contribution in [0.2, 0.25) is 0 Å². The van der Waals surface area contributed by atoms with E-state index in [-0.39, 0.29) is 28.8 Å². The molecular weight excluding hydrogens is 494 g/mol. The fourth-order valence-electron chi connectivity index (χ4n) is 3.96. The number of allylic oxidation sites excluding steroid dienone is 3. The number of aromatic nitrogens is 3. The van der Waals surface area contributed by atoms with Crippen LogP contribution in [-0.2, 0) is 9.59 Å². The number of ketones is 1. The highest BCUT2D eigenvalue weighted by Crippen LogP contribution is 2.47. The first-order valence-corrected chi connectivity index (χ1v) is 12.9. The maximum absolute atomic E-state index is 13.0. The number of nitrogens with one attached hydrogen (secondary N) is 1. The lowest BCUT2D eigenvalue weighted by molar-refractivity contribution is -0.116. The molecule has 5 rings (SSSR count). The summed E-state index contributed by atoms with van der Waals surface area (Å²) in [6.07, 6.45) is 4.81. The van der Waals surface area contributed by atoms with Crippen LogP contribution in [0.25, 0.3) is 0 Å². The lowest BCUT2D eigenvalue weighted by Gasteiger charge is -2.37. The van der Waals surface area contributed by atoms with E-state index in [1.807, 2.05) is 0 Å². The minimum Gasteiger partial charge on any atom is -0.468 e. The first-order chi connectivity index (χ1) is 16.6. The first-order valence-electron chi connectivity index (χ1n) is 10.2. The van der Waals surface area contributed by atoms with Crippen LogP contribution in [0.3, 0.4) is 0 Å².